The minimum absolute atomic E-state index is 0.151. The Morgan fingerprint density at radius 3 is 2.36 bits per heavy atom. The number of carbonyl (C=O) groups is 3. The molecule has 0 aromatic heterocycles. The number of nitrogens with zero attached hydrogens (tertiary/aromatic N) is 1. The van der Waals surface area contributed by atoms with Gasteiger partial charge in [0.25, 0.3) is 5.91 Å². The summed E-state index contributed by atoms with van der Waals surface area (Å²) in [5.74, 6) is -3.36. The first-order valence-electron chi connectivity index (χ1n) is 11.1. The third-order valence-corrected chi connectivity index (χ3v) is 6.54. The van der Waals surface area contributed by atoms with Crippen LogP contribution in [0.5, 0.6) is 0 Å². The fourth-order valence-corrected chi connectivity index (χ4v) is 4.76. The number of methoxy groups -OCH3 is 1. The molecule has 1 aromatic rings. The molecule has 0 spiro atoms. The largest absolute Gasteiger partial charge is 0.466 e. The van der Waals surface area contributed by atoms with Crippen LogP contribution in [0.15, 0.2) is 41.6 Å². The highest BCUT2D eigenvalue weighted by atomic mass is 19.4. The molecule has 1 aliphatic heterocycles. The van der Waals surface area contributed by atoms with E-state index in [1.807, 2.05) is 5.32 Å². The normalized spacial score (nSPS) is 22.0. The Hall–Kier alpha value is -2.84. The molecule has 9 heteroatoms. The van der Waals surface area contributed by atoms with E-state index < -0.39 is 35.1 Å². The minimum atomic E-state index is -5.25. The number of esters is 1. The maximum absolute atomic E-state index is 14.5. The number of amides is 2. The molecule has 6 nitrogen and oxygen atoms in total. The highest BCUT2D eigenvalue weighted by Gasteiger charge is 2.70. The van der Waals surface area contributed by atoms with Crippen molar-refractivity contribution in [3.63, 3.8) is 0 Å². The summed E-state index contributed by atoms with van der Waals surface area (Å²) in [5, 5.41) is 1.92. The van der Waals surface area contributed by atoms with Crippen molar-refractivity contribution in [3.05, 3.63) is 47.2 Å². The van der Waals surface area contributed by atoms with E-state index in [0.29, 0.717) is 12.0 Å². The van der Waals surface area contributed by atoms with Crippen molar-refractivity contribution >= 4 is 17.8 Å². The van der Waals surface area contributed by atoms with Crippen molar-refractivity contribution in [2.45, 2.75) is 70.1 Å². The van der Waals surface area contributed by atoms with Gasteiger partial charge in [-0.05, 0) is 24.8 Å². The molecule has 3 rings (SSSR count). The van der Waals surface area contributed by atoms with E-state index in [9.17, 15) is 27.6 Å². The van der Waals surface area contributed by atoms with Gasteiger partial charge >= 0.3 is 12.1 Å². The number of hydrogen-bond donors (Lipinski definition) is 1. The van der Waals surface area contributed by atoms with Gasteiger partial charge in [0.15, 0.2) is 0 Å². The number of benzene rings is 1. The second kappa shape index (κ2) is 9.97. The molecule has 1 N–H and O–H groups in total. The van der Waals surface area contributed by atoms with Crippen molar-refractivity contribution < 1.29 is 32.3 Å². The SMILES string of the molecule is COC(=O)C1=C(C)N(Cc2ccccc2)C(=O)[C@@]1(NC(=O)CCC1CCCCC1)C(F)(F)F. The second-order valence-corrected chi connectivity index (χ2v) is 8.67. The van der Waals surface area contributed by atoms with Gasteiger partial charge in [0.1, 0.15) is 5.57 Å². The number of alkyl halides is 3. The van der Waals surface area contributed by atoms with Crippen LogP contribution < -0.4 is 5.32 Å². The fraction of sp³-hybridized carbons (Fsp3) is 0.542. The first-order valence-corrected chi connectivity index (χ1v) is 11.1. The summed E-state index contributed by atoms with van der Waals surface area (Å²) in [6.07, 6.45) is 0.126. The van der Waals surface area contributed by atoms with Crippen LogP contribution in [0, 0.1) is 5.92 Å². The summed E-state index contributed by atoms with van der Waals surface area (Å²) >= 11 is 0. The van der Waals surface area contributed by atoms with Gasteiger partial charge in [0.05, 0.1) is 13.7 Å². The van der Waals surface area contributed by atoms with Gasteiger partial charge in [-0.25, -0.2) is 4.79 Å². The Morgan fingerprint density at radius 2 is 1.79 bits per heavy atom. The van der Waals surface area contributed by atoms with Crippen LogP contribution in [0.4, 0.5) is 13.2 Å². The van der Waals surface area contributed by atoms with E-state index in [-0.39, 0.29) is 24.6 Å². The topological polar surface area (TPSA) is 75.7 Å². The maximum atomic E-state index is 14.5. The molecular formula is C24H29F3N2O4. The van der Waals surface area contributed by atoms with Crippen LogP contribution >= 0.6 is 0 Å². The van der Waals surface area contributed by atoms with Gasteiger partial charge in [0.2, 0.25) is 11.4 Å². The molecule has 1 saturated carbocycles. The van der Waals surface area contributed by atoms with Crippen LogP contribution in [-0.2, 0) is 25.7 Å². The fourth-order valence-electron chi connectivity index (χ4n) is 4.76. The van der Waals surface area contributed by atoms with Gasteiger partial charge in [-0.3, -0.25) is 9.59 Å². The molecule has 1 aliphatic carbocycles. The van der Waals surface area contributed by atoms with Crippen LogP contribution in [0.3, 0.4) is 0 Å². The lowest BCUT2D eigenvalue weighted by molar-refractivity contribution is -0.196. The number of halogens is 3. The molecule has 180 valence electrons. The molecule has 33 heavy (non-hydrogen) atoms. The number of rotatable bonds is 7. The van der Waals surface area contributed by atoms with Crippen LogP contribution in [0.1, 0.15) is 57.4 Å². The number of ether oxygens (including phenoxy) is 1. The van der Waals surface area contributed by atoms with E-state index in [1.165, 1.54) is 6.92 Å². The molecule has 1 aromatic carbocycles. The van der Waals surface area contributed by atoms with Crippen LogP contribution in [-0.4, -0.2) is 41.5 Å². The number of nitrogens with one attached hydrogen (secondary N) is 1. The summed E-state index contributed by atoms with van der Waals surface area (Å²) in [4.78, 5) is 39.4. The van der Waals surface area contributed by atoms with Crippen molar-refractivity contribution in [1.82, 2.24) is 10.2 Å². The molecule has 2 aliphatic rings. The molecule has 2 amide bonds. The molecular weight excluding hydrogens is 437 g/mol. The van der Waals surface area contributed by atoms with Crippen molar-refractivity contribution in [3.8, 4) is 0 Å². The monoisotopic (exact) mass is 466 g/mol. The lowest BCUT2D eigenvalue weighted by Gasteiger charge is -2.33. The number of allylic oxidation sites excluding steroid dienone is 1. The Kier molecular flexibility index (Phi) is 7.49. The third kappa shape index (κ3) is 4.91. The summed E-state index contributed by atoms with van der Waals surface area (Å²) < 4.78 is 48.3. The Morgan fingerprint density at radius 1 is 1.15 bits per heavy atom. The number of hydrogen-bond acceptors (Lipinski definition) is 4. The number of carbonyl (C=O) groups excluding carboxylic acids is 3. The quantitative estimate of drug-likeness (QED) is 0.610. The highest BCUT2D eigenvalue weighted by molar-refractivity contribution is 6.10. The summed E-state index contributed by atoms with van der Waals surface area (Å²) in [6, 6.07) is 8.45. The molecule has 0 saturated heterocycles. The standard InChI is InChI=1S/C24H29F3N2O4/c1-16-20(21(31)33-2)23(24(25,26)27,22(32)29(16)15-18-11-7-4-8-12-18)28-19(30)14-13-17-9-5-3-6-10-17/h4,7-8,11-12,17H,3,5-6,9-10,13-15H2,1-2H3,(H,28,30)/t23-/m1/s1. The van der Waals surface area contributed by atoms with Gasteiger partial charge in [-0.2, -0.15) is 13.2 Å². The van der Waals surface area contributed by atoms with Gasteiger partial charge in [-0.1, -0.05) is 62.4 Å². The van der Waals surface area contributed by atoms with E-state index >= 15 is 0 Å². The zero-order valence-electron chi connectivity index (χ0n) is 18.8. The molecule has 1 atom stereocenters. The maximum Gasteiger partial charge on any atom is 0.425 e. The molecule has 1 heterocycles. The molecule has 0 bridgehead atoms. The van der Waals surface area contributed by atoms with E-state index in [1.54, 1.807) is 30.3 Å². The Balaban J connectivity index is 1.93. The summed E-state index contributed by atoms with van der Waals surface area (Å²) in [7, 11) is 0.943. The first-order chi connectivity index (χ1) is 15.6. The second-order valence-electron chi connectivity index (χ2n) is 8.67. The van der Waals surface area contributed by atoms with E-state index in [0.717, 1.165) is 44.1 Å². The van der Waals surface area contributed by atoms with Crippen LogP contribution in [0.2, 0.25) is 0 Å². The predicted octanol–water partition coefficient (Wildman–Crippen LogP) is 4.25. The summed E-state index contributed by atoms with van der Waals surface area (Å²) in [5.41, 5.74) is -4.00. The molecule has 1 fully saturated rings. The molecule has 0 unspecified atom stereocenters. The van der Waals surface area contributed by atoms with Crippen molar-refractivity contribution in [1.29, 1.82) is 0 Å². The lowest BCUT2D eigenvalue weighted by Crippen LogP contribution is -2.66. The van der Waals surface area contributed by atoms with Gasteiger partial charge in [-0.15, -0.1) is 0 Å². The third-order valence-electron chi connectivity index (χ3n) is 6.54. The average molecular weight is 467 g/mol. The smallest absolute Gasteiger partial charge is 0.425 e. The Labute approximate surface area is 191 Å². The highest BCUT2D eigenvalue weighted by Crippen LogP contribution is 2.45. The van der Waals surface area contributed by atoms with Gasteiger partial charge < -0.3 is 15.0 Å². The van der Waals surface area contributed by atoms with E-state index in [2.05, 4.69) is 4.74 Å². The predicted molar refractivity (Wildman–Crippen MR) is 114 cm³/mol. The summed E-state index contributed by atoms with van der Waals surface area (Å²) in [6.45, 7) is 1.08. The van der Waals surface area contributed by atoms with Gasteiger partial charge in [0, 0.05) is 12.1 Å². The Bertz CT molecular complexity index is 923. The zero-order valence-corrected chi connectivity index (χ0v) is 18.8. The van der Waals surface area contributed by atoms with E-state index in [4.69, 9.17) is 0 Å². The van der Waals surface area contributed by atoms with Crippen LogP contribution in [0.25, 0.3) is 0 Å². The average Bonchev–Trinajstić information content (AvgIpc) is 3.00. The minimum Gasteiger partial charge on any atom is -0.466 e. The lowest BCUT2D eigenvalue weighted by atomic mass is 9.85. The molecule has 0 radical (unpaired) electrons. The van der Waals surface area contributed by atoms with Crippen molar-refractivity contribution in [2.75, 3.05) is 7.11 Å². The zero-order chi connectivity index (χ0) is 24.2. The first kappa shape index (κ1) is 24.8. The van der Waals surface area contributed by atoms with Crippen molar-refractivity contribution in [2.24, 2.45) is 5.92 Å².